The third-order valence-corrected chi connectivity index (χ3v) is 7.48. The highest BCUT2D eigenvalue weighted by Crippen LogP contribution is 2.56. The minimum absolute atomic E-state index is 0.0454. The van der Waals surface area contributed by atoms with Crippen LogP contribution < -0.4 is 10.6 Å². The molecule has 164 valence electrons. The fourth-order valence-corrected chi connectivity index (χ4v) is 5.71. The van der Waals surface area contributed by atoms with Gasteiger partial charge in [-0.05, 0) is 31.4 Å². The smallest absolute Gasteiger partial charge is 0.256 e. The first kappa shape index (κ1) is 22.6. The summed E-state index contributed by atoms with van der Waals surface area (Å²) < 4.78 is 4.51. The van der Waals surface area contributed by atoms with E-state index in [1.807, 2.05) is 52.0 Å². The fraction of sp³-hybridized carbons (Fsp3) is 0.591. The third-order valence-electron chi connectivity index (χ3n) is 5.94. The van der Waals surface area contributed by atoms with E-state index in [0.29, 0.717) is 18.7 Å². The molecule has 4 atom stereocenters. The van der Waals surface area contributed by atoms with Crippen molar-refractivity contribution in [3.8, 4) is 0 Å². The summed E-state index contributed by atoms with van der Waals surface area (Å²) >= 11 is 1.61. The van der Waals surface area contributed by atoms with E-state index < -0.39 is 16.8 Å². The number of ether oxygens (including phenoxy) is 1. The highest BCUT2D eigenvalue weighted by Gasteiger charge is 2.57. The molecule has 0 unspecified atom stereocenters. The van der Waals surface area contributed by atoms with Crippen molar-refractivity contribution in [2.24, 2.45) is 5.92 Å². The van der Waals surface area contributed by atoms with Crippen LogP contribution in [0.1, 0.15) is 55.4 Å². The summed E-state index contributed by atoms with van der Waals surface area (Å²) in [5.74, 6) is -0.691. The van der Waals surface area contributed by atoms with Crippen molar-refractivity contribution in [2.75, 3.05) is 20.3 Å². The molecule has 0 saturated carbocycles. The van der Waals surface area contributed by atoms with Crippen molar-refractivity contribution in [2.45, 2.75) is 56.3 Å². The van der Waals surface area contributed by atoms with Crippen LogP contribution in [0, 0.1) is 5.92 Å². The molecule has 2 aliphatic rings. The highest BCUT2D eigenvalue weighted by atomic mass is 32.2. The van der Waals surface area contributed by atoms with Crippen molar-refractivity contribution >= 4 is 29.5 Å². The summed E-state index contributed by atoms with van der Waals surface area (Å²) in [5.41, 5.74) is 1.60. The van der Waals surface area contributed by atoms with Crippen LogP contribution in [0.5, 0.6) is 0 Å². The van der Waals surface area contributed by atoms with Crippen molar-refractivity contribution < 1.29 is 19.1 Å². The maximum absolute atomic E-state index is 13.4. The zero-order chi connectivity index (χ0) is 22.1. The summed E-state index contributed by atoms with van der Waals surface area (Å²) in [6.07, 6.45) is 0.738. The Bertz CT molecular complexity index is 828. The molecule has 0 aliphatic carbocycles. The number of nitrogens with one attached hydrogen (secondary N) is 2. The summed E-state index contributed by atoms with van der Waals surface area (Å²) in [6, 6.07) is 6.19. The molecule has 2 heterocycles. The lowest BCUT2D eigenvalue weighted by Gasteiger charge is -2.32. The Labute approximate surface area is 182 Å². The van der Waals surface area contributed by atoms with Gasteiger partial charge in [0.15, 0.2) is 0 Å². The van der Waals surface area contributed by atoms with E-state index in [4.69, 9.17) is 4.74 Å². The van der Waals surface area contributed by atoms with Gasteiger partial charge in [0.1, 0.15) is 17.5 Å². The number of thioether (sulfide) groups is 1. The normalized spacial score (nSPS) is 23.5. The van der Waals surface area contributed by atoms with E-state index >= 15 is 0 Å². The second kappa shape index (κ2) is 8.98. The average Bonchev–Trinajstić information content (AvgIpc) is 3.15. The number of hydrogen-bond acceptors (Lipinski definition) is 5. The van der Waals surface area contributed by atoms with Crippen LogP contribution in [-0.4, -0.2) is 59.7 Å². The van der Waals surface area contributed by atoms with Gasteiger partial charge in [0.05, 0.1) is 6.61 Å². The third kappa shape index (κ3) is 4.07. The average molecular weight is 434 g/mol. The monoisotopic (exact) mass is 433 g/mol. The van der Waals surface area contributed by atoms with Gasteiger partial charge in [-0.25, -0.2) is 0 Å². The van der Waals surface area contributed by atoms with Crippen LogP contribution in [0.4, 0.5) is 0 Å². The summed E-state index contributed by atoms with van der Waals surface area (Å²) in [6.45, 7) is 8.67. The predicted octanol–water partition coefficient (Wildman–Crippen LogP) is 2.33. The number of fused-ring (bicyclic) bond motifs is 3. The molecule has 30 heavy (non-hydrogen) atoms. The lowest BCUT2D eigenvalue weighted by atomic mass is 9.95. The lowest BCUT2D eigenvalue weighted by molar-refractivity contribution is -0.133. The largest absolute Gasteiger partial charge is 0.383 e. The van der Waals surface area contributed by atoms with Crippen molar-refractivity contribution in [1.29, 1.82) is 0 Å². The molecule has 1 fully saturated rings. The SMILES string of the molecule is CC[C@H](C)[C@H](NC(=O)[C@H]1N2C(=O)c3ccccc3[C@@H]2SC1(C)C)C(=O)NCCOC. The molecule has 0 radical (unpaired) electrons. The quantitative estimate of drug-likeness (QED) is 0.615. The van der Waals surface area contributed by atoms with Crippen LogP contribution in [0.2, 0.25) is 0 Å². The van der Waals surface area contributed by atoms with Gasteiger partial charge in [-0.1, -0.05) is 38.5 Å². The first-order chi connectivity index (χ1) is 14.2. The Morgan fingerprint density at radius 3 is 2.67 bits per heavy atom. The number of carbonyl (C=O) groups excluding carboxylic acids is 3. The molecule has 2 aliphatic heterocycles. The molecule has 7 nitrogen and oxygen atoms in total. The fourth-order valence-electron chi connectivity index (χ4n) is 4.12. The molecule has 1 saturated heterocycles. The minimum Gasteiger partial charge on any atom is -0.383 e. The molecule has 0 bridgehead atoms. The van der Waals surface area contributed by atoms with Gasteiger partial charge in [0, 0.05) is 24.0 Å². The number of rotatable bonds is 8. The van der Waals surface area contributed by atoms with E-state index in [2.05, 4.69) is 10.6 Å². The Hall–Kier alpha value is -2.06. The first-order valence-electron chi connectivity index (χ1n) is 10.4. The zero-order valence-electron chi connectivity index (χ0n) is 18.2. The van der Waals surface area contributed by atoms with E-state index in [0.717, 1.165) is 12.0 Å². The van der Waals surface area contributed by atoms with Gasteiger partial charge in [-0.3, -0.25) is 14.4 Å². The Kier molecular flexibility index (Phi) is 6.77. The van der Waals surface area contributed by atoms with Crippen LogP contribution in [0.3, 0.4) is 0 Å². The van der Waals surface area contributed by atoms with Crippen molar-refractivity contribution in [3.63, 3.8) is 0 Å². The Morgan fingerprint density at radius 2 is 2.00 bits per heavy atom. The van der Waals surface area contributed by atoms with Gasteiger partial charge >= 0.3 is 0 Å². The number of carbonyl (C=O) groups is 3. The van der Waals surface area contributed by atoms with Crippen LogP contribution in [-0.2, 0) is 14.3 Å². The summed E-state index contributed by atoms with van der Waals surface area (Å²) in [5, 5.41) is 5.59. The van der Waals surface area contributed by atoms with Crippen LogP contribution in [0.25, 0.3) is 0 Å². The first-order valence-corrected chi connectivity index (χ1v) is 11.3. The number of nitrogens with zero attached hydrogens (tertiary/aromatic N) is 1. The molecule has 1 aromatic carbocycles. The summed E-state index contributed by atoms with van der Waals surface area (Å²) in [4.78, 5) is 41.0. The number of hydrogen-bond donors (Lipinski definition) is 2. The molecular weight excluding hydrogens is 402 g/mol. The topological polar surface area (TPSA) is 87.7 Å². The van der Waals surface area contributed by atoms with Gasteiger partial charge < -0.3 is 20.3 Å². The number of amides is 3. The second-order valence-corrected chi connectivity index (χ2v) is 10.2. The van der Waals surface area contributed by atoms with Crippen molar-refractivity contribution in [3.05, 3.63) is 35.4 Å². The molecule has 2 N–H and O–H groups in total. The van der Waals surface area contributed by atoms with Gasteiger partial charge in [0.25, 0.3) is 5.91 Å². The maximum atomic E-state index is 13.4. The molecule has 1 aromatic rings. The van der Waals surface area contributed by atoms with Crippen LogP contribution in [0.15, 0.2) is 24.3 Å². The molecule has 0 aromatic heterocycles. The van der Waals surface area contributed by atoms with E-state index in [1.165, 1.54) is 0 Å². The summed E-state index contributed by atoms with van der Waals surface area (Å²) in [7, 11) is 1.57. The highest BCUT2D eigenvalue weighted by molar-refractivity contribution is 8.01. The molecule has 3 amide bonds. The number of methoxy groups -OCH3 is 1. The molecular formula is C22H31N3O4S. The Morgan fingerprint density at radius 1 is 1.30 bits per heavy atom. The van der Waals surface area contributed by atoms with Gasteiger partial charge in [0.2, 0.25) is 11.8 Å². The predicted molar refractivity (Wildman–Crippen MR) is 117 cm³/mol. The van der Waals surface area contributed by atoms with Crippen LogP contribution >= 0.6 is 11.8 Å². The Balaban J connectivity index is 1.82. The number of benzene rings is 1. The molecule has 3 rings (SSSR count). The van der Waals surface area contributed by atoms with E-state index in [9.17, 15) is 14.4 Å². The maximum Gasteiger partial charge on any atom is 0.256 e. The lowest BCUT2D eigenvalue weighted by Crippen LogP contribution is -2.58. The molecule has 8 heteroatoms. The zero-order valence-corrected chi connectivity index (χ0v) is 19.0. The minimum atomic E-state index is -0.667. The van der Waals surface area contributed by atoms with Gasteiger partial charge in [-0.2, -0.15) is 0 Å². The standard InChI is InChI=1S/C22H31N3O4S/c1-6-13(2)16(18(26)23-11-12-29-5)24-19(27)17-22(3,4)30-21-15-10-8-7-9-14(15)20(28)25(17)21/h7-10,13,16-17,21H,6,11-12H2,1-5H3,(H,23,26)(H,24,27)/t13-,16-,17+,21-/m0/s1. The molecule has 0 spiro atoms. The van der Waals surface area contributed by atoms with E-state index in [-0.39, 0.29) is 29.0 Å². The van der Waals surface area contributed by atoms with E-state index in [1.54, 1.807) is 23.8 Å². The second-order valence-electron chi connectivity index (χ2n) is 8.43. The van der Waals surface area contributed by atoms with Crippen molar-refractivity contribution in [1.82, 2.24) is 15.5 Å². The van der Waals surface area contributed by atoms with Gasteiger partial charge in [-0.15, -0.1) is 11.8 Å².